The number of aromatic nitrogens is 3. The molecule has 0 unspecified atom stereocenters. The molecule has 1 aromatic carbocycles. The molecule has 3 rings (SSSR count). The van der Waals surface area contributed by atoms with Crippen LogP contribution in [0.3, 0.4) is 0 Å². The van der Waals surface area contributed by atoms with Crippen LogP contribution in [0.2, 0.25) is 0 Å². The molecule has 0 atom stereocenters. The molecule has 3 N–H and O–H groups in total. The van der Waals surface area contributed by atoms with Crippen LogP contribution in [-0.2, 0) is 4.79 Å². The Morgan fingerprint density at radius 2 is 2.07 bits per heavy atom. The molecule has 0 bridgehead atoms. The van der Waals surface area contributed by atoms with Gasteiger partial charge in [0.25, 0.3) is 0 Å². The number of nitrogens with one attached hydrogen (secondary N) is 3. The SMILES string of the molecule is CCN(CC)CCCNc1cc(-c2nc3c(NC=O)cccc3[nH]2)ccn1. The molecule has 1 amide bonds. The van der Waals surface area contributed by atoms with Gasteiger partial charge in [-0.1, -0.05) is 19.9 Å². The highest BCUT2D eigenvalue weighted by atomic mass is 16.1. The maximum absolute atomic E-state index is 10.8. The molecule has 0 fully saturated rings. The summed E-state index contributed by atoms with van der Waals surface area (Å²) < 4.78 is 0. The zero-order valence-electron chi connectivity index (χ0n) is 15.8. The third-order valence-corrected chi connectivity index (χ3v) is 4.61. The number of para-hydroxylation sites is 1. The van der Waals surface area contributed by atoms with Crippen molar-refractivity contribution in [2.75, 3.05) is 36.8 Å². The molecule has 7 nitrogen and oxygen atoms in total. The third-order valence-electron chi connectivity index (χ3n) is 4.61. The first-order valence-corrected chi connectivity index (χ1v) is 9.36. The van der Waals surface area contributed by atoms with E-state index >= 15 is 0 Å². The first-order valence-electron chi connectivity index (χ1n) is 9.36. The summed E-state index contributed by atoms with van der Waals surface area (Å²) >= 11 is 0. The van der Waals surface area contributed by atoms with E-state index in [1.165, 1.54) is 0 Å². The maximum Gasteiger partial charge on any atom is 0.211 e. The molecular weight excluding hydrogens is 340 g/mol. The fourth-order valence-corrected chi connectivity index (χ4v) is 3.08. The first kappa shape index (κ1) is 18.8. The van der Waals surface area contributed by atoms with Crippen LogP contribution in [0.1, 0.15) is 20.3 Å². The number of imidazole rings is 1. The van der Waals surface area contributed by atoms with Gasteiger partial charge in [-0.15, -0.1) is 0 Å². The van der Waals surface area contributed by atoms with Crippen molar-refractivity contribution in [1.82, 2.24) is 19.9 Å². The number of H-pyrrole nitrogens is 1. The molecule has 0 radical (unpaired) electrons. The zero-order chi connectivity index (χ0) is 19.1. The topological polar surface area (TPSA) is 85.9 Å². The molecule has 0 aliphatic rings. The normalized spacial score (nSPS) is 11.1. The molecule has 0 aliphatic carbocycles. The minimum Gasteiger partial charge on any atom is -0.370 e. The summed E-state index contributed by atoms with van der Waals surface area (Å²) in [6.45, 7) is 8.49. The highest BCUT2D eigenvalue weighted by Crippen LogP contribution is 2.26. The van der Waals surface area contributed by atoms with Crippen LogP contribution >= 0.6 is 0 Å². The Kier molecular flexibility index (Phi) is 6.38. The van der Waals surface area contributed by atoms with E-state index in [4.69, 9.17) is 0 Å². The molecule has 0 spiro atoms. The average molecular weight is 366 g/mol. The Bertz CT molecular complexity index is 887. The summed E-state index contributed by atoms with van der Waals surface area (Å²) in [7, 11) is 0. The van der Waals surface area contributed by atoms with Gasteiger partial charge in [-0.3, -0.25) is 4.79 Å². The fourth-order valence-electron chi connectivity index (χ4n) is 3.08. The first-order chi connectivity index (χ1) is 13.2. The number of pyridine rings is 1. The van der Waals surface area contributed by atoms with E-state index in [1.807, 2.05) is 30.3 Å². The van der Waals surface area contributed by atoms with E-state index < -0.39 is 0 Å². The largest absolute Gasteiger partial charge is 0.370 e. The predicted molar refractivity (Wildman–Crippen MR) is 110 cm³/mol. The van der Waals surface area contributed by atoms with Gasteiger partial charge < -0.3 is 20.5 Å². The molecule has 3 aromatic rings. The van der Waals surface area contributed by atoms with Crippen molar-refractivity contribution >= 4 is 28.9 Å². The molecule has 0 saturated heterocycles. The van der Waals surface area contributed by atoms with Gasteiger partial charge in [-0.2, -0.15) is 0 Å². The molecule has 7 heteroatoms. The Hall–Kier alpha value is -2.93. The quantitative estimate of drug-likeness (QED) is 0.378. The van der Waals surface area contributed by atoms with Gasteiger partial charge in [0.05, 0.1) is 11.2 Å². The number of rotatable bonds is 10. The lowest BCUT2D eigenvalue weighted by Gasteiger charge is -2.17. The van der Waals surface area contributed by atoms with Gasteiger partial charge in [0.1, 0.15) is 17.2 Å². The van der Waals surface area contributed by atoms with Gasteiger partial charge in [-0.25, -0.2) is 9.97 Å². The van der Waals surface area contributed by atoms with Crippen molar-refractivity contribution in [2.24, 2.45) is 0 Å². The zero-order valence-corrected chi connectivity index (χ0v) is 15.8. The molecule has 27 heavy (non-hydrogen) atoms. The Morgan fingerprint density at radius 3 is 2.85 bits per heavy atom. The number of nitrogens with zero attached hydrogens (tertiary/aromatic N) is 3. The van der Waals surface area contributed by atoms with Crippen LogP contribution in [0.15, 0.2) is 36.5 Å². The maximum atomic E-state index is 10.8. The molecule has 0 aliphatic heterocycles. The summed E-state index contributed by atoms with van der Waals surface area (Å²) in [5.41, 5.74) is 3.26. The number of carbonyl (C=O) groups is 1. The van der Waals surface area contributed by atoms with Gasteiger partial charge in [0.15, 0.2) is 0 Å². The molecule has 0 saturated carbocycles. The number of amides is 1. The number of fused-ring (bicyclic) bond motifs is 1. The van der Waals surface area contributed by atoms with Crippen LogP contribution in [0.25, 0.3) is 22.4 Å². The lowest BCUT2D eigenvalue weighted by atomic mass is 10.2. The van der Waals surface area contributed by atoms with Crippen molar-refractivity contribution in [3.63, 3.8) is 0 Å². The van der Waals surface area contributed by atoms with Gasteiger partial charge in [0.2, 0.25) is 6.41 Å². The Morgan fingerprint density at radius 1 is 1.22 bits per heavy atom. The average Bonchev–Trinajstić information content (AvgIpc) is 3.14. The highest BCUT2D eigenvalue weighted by molar-refractivity contribution is 5.94. The van der Waals surface area contributed by atoms with Crippen molar-refractivity contribution in [2.45, 2.75) is 20.3 Å². The van der Waals surface area contributed by atoms with E-state index in [2.05, 4.69) is 44.3 Å². The molecule has 2 heterocycles. The molecule has 142 valence electrons. The number of hydrogen-bond donors (Lipinski definition) is 3. The fraction of sp³-hybridized carbons (Fsp3) is 0.350. The van der Waals surface area contributed by atoms with E-state index in [-0.39, 0.29) is 0 Å². The van der Waals surface area contributed by atoms with Crippen LogP contribution in [0.5, 0.6) is 0 Å². The third kappa shape index (κ3) is 4.62. The van der Waals surface area contributed by atoms with E-state index in [9.17, 15) is 4.79 Å². The summed E-state index contributed by atoms with van der Waals surface area (Å²) in [5.74, 6) is 1.58. The standard InChI is InChI=1S/C20H26N6O/c1-3-26(4-2)12-6-10-21-18-13-15(9-11-22-18)20-24-17-8-5-7-16(23-14-27)19(17)25-20/h5,7-9,11,13-14H,3-4,6,10,12H2,1-2H3,(H,21,22)(H,23,27)(H,24,25). The highest BCUT2D eigenvalue weighted by Gasteiger charge is 2.09. The summed E-state index contributed by atoms with van der Waals surface area (Å²) in [6.07, 6.45) is 3.51. The lowest BCUT2D eigenvalue weighted by molar-refractivity contribution is -0.105. The van der Waals surface area contributed by atoms with Crippen molar-refractivity contribution < 1.29 is 4.79 Å². The number of aromatic amines is 1. The number of anilines is 2. The van der Waals surface area contributed by atoms with E-state index in [0.29, 0.717) is 12.1 Å². The molecular formula is C20H26N6O. The van der Waals surface area contributed by atoms with Crippen molar-refractivity contribution in [3.8, 4) is 11.4 Å². The van der Waals surface area contributed by atoms with Crippen molar-refractivity contribution in [3.05, 3.63) is 36.5 Å². The monoisotopic (exact) mass is 366 g/mol. The summed E-state index contributed by atoms with van der Waals surface area (Å²) in [5, 5.41) is 6.07. The number of hydrogen-bond acceptors (Lipinski definition) is 5. The Balaban J connectivity index is 1.71. The van der Waals surface area contributed by atoms with Crippen LogP contribution < -0.4 is 10.6 Å². The van der Waals surface area contributed by atoms with Crippen LogP contribution in [-0.4, -0.2) is 52.4 Å². The summed E-state index contributed by atoms with van der Waals surface area (Å²) in [4.78, 5) is 25.5. The van der Waals surface area contributed by atoms with E-state index in [0.717, 1.165) is 60.8 Å². The van der Waals surface area contributed by atoms with Crippen LogP contribution in [0.4, 0.5) is 11.5 Å². The minimum absolute atomic E-state index is 0.662. The number of benzene rings is 1. The van der Waals surface area contributed by atoms with Gasteiger partial charge >= 0.3 is 0 Å². The second-order valence-electron chi connectivity index (χ2n) is 6.29. The van der Waals surface area contributed by atoms with E-state index in [1.54, 1.807) is 6.20 Å². The lowest BCUT2D eigenvalue weighted by Crippen LogP contribution is -2.25. The summed E-state index contributed by atoms with van der Waals surface area (Å²) in [6, 6.07) is 9.56. The van der Waals surface area contributed by atoms with Gasteiger partial charge in [-0.05, 0) is 50.3 Å². The second kappa shape index (κ2) is 9.14. The Labute approximate surface area is 159 Å². The number of carbonyl (C=O) groups excluding carboxylic acids is 1. The predicted octanol–water partition coefficient (Wildman–Crippen LogP) is 3.34. The van der Waals surface area contributed by atoms with Gasteiger partial charge in [0, 0.05) is 18.3 Å². The minimum atomic E-state index is 0.662. The molecule has 2 aromatic heterocycles. The smallest absolute Gasteiger partial charge is 0.211 e. The van der Waals surface area contributed by atoms with Crippen molar-refractivity contribution in [1.29, 1.82) is 0 Å². The second-order valence-corrected chi connectivity index (χ2v) is 6.29. The van der Waals surface area contributed by atoms with Crippen LogP contribution in [0, 0.1) is 0 Å².